The van der Waals surface area contributed by atoms with Crippen LogP contribution in [0.4, 0.5) is 5.82 Å². The lowest BCUT2D eigenvalue weighted by Gasteiger charge is -2.11. The number of rotatable bonds is 7. The van der Waals surface area contributed by atoms with Crippen LogP contribution in [-0.4, -0.2) is 33.4 Å². The third kappa shape index (κ3) is 4.72. The highest BCUT2D eigenvalue weighted by Gasteiger charge is 2.13. The van der Waals surface area contributed by atoms with E-state index in [2.05, 4.69) is 10.4 Å². The van der Waals surface area contributed by atoms with E-state index in [1.54, 1.807) is 18.2 Å². The lowest BCUT2D eigenvalue weighted by molar-refractivity contribution is -0.137. The van der Waals surface area contributed by atoms with E-state index in [1.807, 2.05) is 6.92 Å². The molecule has 0 fully saturated rings. The molecule has 2 N–H and O–H groups in total. The molecule has 7 nitrogen and oxygen atoms in total. The van der Waals surface area contributed by atoms with Crippen molar-refractivity contribution in [1.82, 2.24) is 9.78 Å². The fourth-order valence-electron chi connectivity index (χ4n) is 2.01. The number of carbonyl (C=O) groups excluding carboxylic acids is 1. The van der Waals surface area contributed by atoms with Crippen molar-refractivity contribution in [2.75, 3.05) is 11.9 Å². The number of para-hydroxylation sites is 1. The summed E-state index contributed by atoms with van der Waals surface area (Å²) in [6.45, 7) is 2.01. The second-order valence-corrected chi connectivity index (χ2v) is 5.09. The third-order valence-electron chi connectivity index (χ3n) is 2.89. The summed E-state index contributed by atoms with van der Waals surface area (Å²) >= 11 is 6.08. The number of nitrogens with zero attached hydrogens (tertiary/aromatic N) is 2. The zero-order chi connectivity index (χ0) is 16.8. The fraction of sp³-hybridized carbons (Fsp3) is 0.267. The number of hydrogen-bond acceptors (Lipinski definition) is 4. The van der Waals surface area contributed by atoms with Gasteiger partial charge >= 0.3 is 5.97 Å². The van der Waals surface area contributed by atoms with E-state index < -0.39 is 5.97 Å². The molecular formula is C15H16ClN3O4. The van der Waals surface area contributed by atoms with E-state index in [0.29, 0.717) is 22.9 Å². The maximum absolute atomic E-state index is 12.1. The summed E-state index contributed by atoms with van der Waals surface area (Å²) in [5.74, 6) is -0.528. The second-order valence-electron chi connectivity index (χ2n) is 4.68. The van der Waals surface area contributed by atoms with E-state index in [9.17, 15) is 9.59 Å². The van der Waals surface area contributed by atoms with E-state index in [-0.39, 0.29) is 24.7 Å². The highest BCUT2D eigenvalue weighted by Crippen LogP contribution is 2.29. The molecular weight excluding hydrogens is 322 g/mol. The van der Waals surface area contributed by atoms with Crippen LogP contribution < -0.4 is 10.1 Å². The summed E-state index contributed by atoms with van der Waals surface area (Å²) in [5.41, 5.74) is 0.668. The van der Waals surface area contributed by atoms with Crippen LogP contribution in [0, 0.1) is 0 Å². The van der Waals surface area contributed by atoms with Crippen LogP contribution in [0.15, 0.2) is 30.5 Å². The van der Waals surface area contributed by atoms with Crippen molar-refractivity contribution in [3.63, 3.8) is 0 Å². The van der Waals surface area contributed by atoms with Gasteiger partial charge in [-0.3, -0.25) is 14.3 Å². The normalized spacial score (nSPS) is 10.3. The Labute approximate surface area is 137 Å². The molecule has 0 bridgehead atoms. The first-order valence-electron chi connectivity index (χ1n) is 6.95. The average molecular weight is 338 g/mol. The molecule has 1 amide bonds. The van der Waals surface area contributed by atoms with E-state index >= 15 is 0 Å². The highest BCUT2D eigenvalue weighted by atomic mass is 35.5. The van der Waals surface area contributed by atoms with E-state index in [1.165, 1.54) is 16.9 Å². The molecule has 0 radical (unpaired) electrons. The number of hydrogen-bond donors (Lipinski definition) is 2. The van der Waals surface area contributed by atoms with Gasteiger partial charge in [-0.25, -0.2) is 0 Å². The van der Waals surface area contributed by atoms with Gasteiger partial charge in [0, 0.05) is 17.8 Å². The Morgan fingerprint density at radius 2 is 2.17 bits per heavy atom. The first kappa shape index (κ1) is 16.8. The molecule has 2 aromatic rings. The summed E-state index contributed by atoms with van der Waals surface area (Å²) < 4.78 is 6.69. The summed E-state index contributed by atoms with van der Waals surface area (Å²) in [6, 6.07) is 6.73. The minimum absolute atomic E-state index is 0.0711. The zero-order valence-corrected chi connectivity index (χ0v) is 13.2. The number of halogens is 1. The monoisotopic (exact) mass is 337 g/mol. The van der Waals surface area contributed by atoms with E-state index in [0.717, 1.165) is 0 Å². The number of carboxylic acids is 1. The Morgan fingerprint density at radius 1 is 1.39 bits per heavy atom. The van der Waals surface area contributed by atoms with Gasteiger partial charge in [-0.05, 0) is 13.0 Å². The molecule has 0 saturated carbocycles. The fourth-order valence-corrected chi connectivity index (χ4v) is 2.26. The Balaban J connectivity index is 2.04. The first-order valence-corrected chi connectivity index (χ1v) is 7.32. The molecule has 8 heteroatoms. The third-order valence-corrected chi connectivity index (χ3v) is 3.19. The minimum atomic E-state index is -1.01. The van der Waals surface area contributed by atoms with Gasteiger partial charge in [0.1, 0.15) is 12.3 Å². The van der Waals surface area contributed by atoms with Gasteiger partial charge in [-0.1, -0.05) is 23.7 Å². The molecule has 23 heavy (non-hydrogen) atoms. The molecule has 0 unspecified atom stereocenters. The number of carboxylic acid groups (broad SMARTS) is 1. The molecule has 1 heterocycles. The second kappa shape index (κ2) is 7.64. The molecule has 0 aliphatic heterocycles. The van der Waals surface area contributed by atoms with Crippen molar-refractivity contribution >= 4 is 29.3 Å². The van der Waals surface area contributed by atoms with Crippen LogP contribution >= 0.6 is 11.6 Å². The van der Waals surface area contributed by atoms with Crippen LogP contribution in [0.5, 0.6) is 5.75 Å². The number of ether oxygens (including phenoxy) is 1. The van der Waals surface area contributed by atoms with Crippen molar-refractivity contribution in [1.29, 1.82) is 0 Å². The summed E-state index contributed by atoms with van der Waals surface area (Å²) in [7, 11) is 0. The van der Waals surface area contributed by atoms with Crippen molar-refractivity contribution in [2.24, 2.45) is 0 Å². The van der Waals surface area contributed by atoms with Crippen LogP contribution in [0.2, 0.25) is 5.02 Å². The quantitative estimate of drug-likeness (QED) is 0.807. The Bertz CT molecular complexity index is 714. The maximum atomic E-state index is 12.1. The molecule has 0 aliphatic rings. The number of anilines is 1. The smallest absolute Gasteiger partial charge is 0.325 e. The summed E-state index contributed by atoms with van der Waals surface area (Å²) in [6.07, 6.45) is 1.55. The van der Waals surface area contributed by atoms with Crippen molar-refractivity contribution in [3.05, 3.63) is 41.0 Å². The number of nitrogens with one attached hydrogen (secondary N) is 1. The Morgan fingerprint density at radius 3 is 2.87 bits per heavy atom. The van der Waals surface area contributed by atoms with Gasteiger partial charge in [0.15, 0.2) is 5.82 Å². The topological polar surface area (TPSA) is 93.5 Å². The molecule has 0 aliphatic carbocycles. The summed E-state index contributed by atoms with van der Waals surface area (Å²) in [5, 5.41) is 15.7. The SMILES string of the molecule is CCOc1c(Cl)cccc1CC(=O)Nc1ccn(CC(=O)O)n1. The van der Waals surface area contributed by atoms with Crippen LogP contribution in [0.25, 0.3) is 0 Å². The maximum Gasteiger partial charge on any atom is 0.325 e. The molecule has 122 valence electrons. The van der Waals surface area contributed by atoms with E-state index in [4.69, 9.17) is 21.4 Å². The largest absolute Gasteiger partial charge is 0.492 e. The lowest BCUT2D eigenvalue weighted by Crippen LogP contribution is -2.16. The van der Waals surface area contributed by atoms with Gasteiger partial charge in [-0.2, -0.15) is 5.10 Å². The Kier molecular flexibility index (Phi) is 5.59. The number of carbonyl (C=O) groups is 2. The lowest BCUT2D eigenvalue weighted by atomic mass is 10.1. The van der Waals surface area contributed by atoms with Gasteiger partial charge in [0.05, 0.1) is 18.1 Å². The molecule has 0 spiro atoms. The number of aliphatic carboxylic acids is 1. The Hall–Kier alpha value is -2.54. The highest BCUT2D eigenvalue weighted by molar-refractivity contribution is 6.32. The molecule has 0 atom stereocenters. The van der Waals surface area contributed by atoms with Crippen molar-refractivity contribution in [3.8, 4) is 5.75 Å². The predicted octanol–water partition coefficient (Wildman–Crippen LogP) is 2.20. The van der Waals surface area contributed by atoms with Crippen molar-refractivity contribution in [2.45, 2.75) is 19.9 Å². The van der Waals surface area contributed by atoms with Gasteiger partial charge in [0.25, 0.3) is 0 Å². The van der Waals surface area contributed by atoms with Crippen LogP contribution in [0.1, 0.15) is 12.5 Å². The molecule has 2 rings (SSSR count). The number of aromatic nitrogens is 2. The first-order chi connectivity index (χ1) is 11.0. The van der Waals surface area contributed by atoms with Crippen LogP contribution in [0.3, 0.4) is 0 Å². The summed E-state index contributed by atoms with van der Waals surface area (Å²) in [4.78, 5) is 22.7. The van der Waals surface area contributed by atoms with Gasteiger partial charge in [0.2, 0.25) is 5.91 Å². The minimum Gasteiger partial charge on any atom is -0.492 e. The van der Waals surface area contributed by atoms with Gasteiger partial charge < -0.3 is 15.2 Å². The predicted molar refractivity (Wildman–Crippen MR) is 84.8 cm³/mol. The number of amides is 1. The molecule has 0 saturated heterocycles. The number of benzene rings is 1. The molecule has 1 aromatic heterocycles. The average Bonchev–Trinajstić information content (AvgIpc) is 2.88. The van der Waals surface area contributed by atoms with Crippen molar-refractivity contribution < 1.29 is 19.4 Å². The molecule has 1 aromatic carbocycles. The standard InChI is InChI=1S/C15H16ClN3O4/c1-2-23-15-10(4-3-5-11(15)16)8-13(20)17-12-6-7-19(18-12)9-14(21)22/h3-7H,2,8-9H2,1H3,(H,21,22)(H,17,18,20). The zero-order valence-electron chi connectivity index (χ0n) is 12.5. The van der Waals surface area contributed by atoms with Gasteiger partial charge in [-0.15, -0.1) is 0 Å². The van der Waals surface area contributed by atoms with Crippen LogP contribution in [-0.2, 0) is 22.6 Å².